The van der Waals surface area contributed by atoms with Crippen molar-refractivity contribution in [1.82, 2.24) is 5.32 Å². The van der Waals surface area contributed by atoms with Crippen LogP contribution in [-0.2, 0) is 9.59 Å². The van der Waals surface area contributed by atoms with E-state index in [0.29, 0.717) is 17.3 Å². The Balaban J connectivity index is 2.46. The highest BCUT2D eigenvalue weighted by Crippen LogP contribution is 2.13. The second-order valence-corrected chi connectivity index (χ2v) is 4.53. The number of carbonyl (C=O) groups excluding carboxylic acids is 2. The van der Waals surface area contributed by atoms with E-state index in [0.717, 1.165) is 5.69 Å². The number of amides is 1. The second kappa shape index (κ2) is 8.70. The van der Waals surface area contributed by atoms with Gasteiger partial charge in [0, 0.05) is 30.3 Å². The van der Waals surface area contributed by atoms with Gasteiger partial charge >= 0.3 is 0 Å². The van der Waals surface area contributed by atoms with Crippen molar-refractivity contribution >= 4 is 40.6 Å². The van der Waals surface area contributed by atoms with E-state index in [1.807, 2.05) is 0 Å². The number of nitrogens with one attached hydrogen (secondary N) is 3. The van der Waals surface area contributed by atoms with Crippen molar-refractivity contribution in [2.24, 2.45) is 0 Å². The highest BCUT2D eigenvalue weighted by molar-refractivity contribution is 7.80. The minimum atomic E-state index is -1.25. The Labute approximate surface area is 128 Å². The lowest BCUT2D eigenvalue weighted by Crippen LogP contribution is -2.28. The first-order valence-electron chi connectivity index (χ1n) is 6.27. The van der Waals surface area contributed by atoms with Gasteiger partial charge in [0.1, 0.15) is 0 Å². The lowest BCUT2D eigenvalue weighted by molar-refractivity contribution is -0.305. The van der Waals surface area contributed by atoms with E-state index in [-0.39, 0.29) is 18.7 Å². The SMILES string of the molecule is C=CCNC(=S)Nc1ccc(NC(=O)CCC(=O)[O-])cc1. The summed E-state index contributed by atoms with van der Waals surface area (Å²) in [5, 5.41) is 19.2. The van der Waals surface area contributed by atoms with Crippen molar-refractivity contribution in [1.29, 1.82) is 0 Å². The number of carbonyl (C=O) groups is 2. The summed E-state index contributed by atoms with van der Waals surface area (Å²) in [5.41, 5.74) is 1.35. The predicted molar refractivity (Wildman–Crippen MR) is 83.7 cm³/mol. The summed E-state index contributed by atoms with van der Waals surface area (Å²) >= 11 is 5.06. The van der Waals surface area contributed by atoms with Crippen LogP contribution in [0.4, 0.5) is 11.4 Å². The van der Waals surface area contributed by atoms with Gasteiger partial charge in [0.05, 0.1) is 0 Å². The molecule has 0 aliphatic carbocycles. The maximum absolute atomic E-state index is 11.4. The summed E-state index contributed by atoms with van der Waals surface area (Å²) in [4.78, 5) is 21.7. The van der Waals surface area contributed by atoms with E-state index in [4.69, 9.17) is 12.2 Å². The fraction of sp³-hybridized carbons (Fsp3) is 0.214. The van der Waals surface area contributed by atoms with E-state index in [1.165, 1.54) is 0 Å². The molecule has 0 saturated carbocycles. The average Bonchev–Trinajstić information content (AvgIpc) is 2.45. The van der Waals surface area contributed by atoms with Crippen molar-refractivity contribution in [3.8, 4) is 0 Å². The fourth-order valence-corrected chi connectivity index (χ4v) is 1.62. The molecule has 0 aliphatic rings. The molecule has 0 radical (unpaired) electrons. The molecule has 112 valence electrons. The summed E-state index contributed by atoms with van der Waals surface area (Å²) in [6.07, 6.45) is 1.28. The minimum absolute atomic E-state index is 0.113. The third kappa shape index (κ3) is 7.07. The number of benzene rings is 1. The first-order chi connectivity index (χ1) is 10.0. The molecular formula is C14H16N3O3S-. The van der Waals surface area contributed by atoms with Crippen LogP contribution in [0.1, 0.15) is 12.8 Å². The Morgan fingerprint density at radius 1 is 1.14 bits per heavy atom. The molecule has 1 amide bonds. The van der Waals surface area contributed by atoms with Gasteiger partial charge in [0.25, 0.3) is 0 Å². The smallest absolute Gasteiger partial charge is 0.224 e. The summed E-state index contributed by atoms with van der Waals surface area (Å²) < 4.78 is 0. The monoisotopic (exact) mass is 306 g/mol. The highest BCUT2D eigenvalue weighted by atomic mass is 32.1. The van der Waals surface area contributed by atoms with E-state index in [1.54, 1.807) is 30.3 Å². The standard InChI is InChI=1S/C14H17N3O3S/c1-2-9-15-14(21)17-11-5-3-10(4-6-11)16-12(18)7-8-13(19)20/h2-6H,1,7-9H2,(H,16,18)(H,19,20)(H2,15,17,21)/p-1. The van der Waals surface area contributed by atoms with Crippen LogP contribution in [0.15, 0.2) is 36.9 Å². The maximum Gasteiger partial charge on any atom is 0.224 e. The van der Waals surface area contributed by atoms with Gasteiger partial charge < -0.3 is 25.9 Å². The lowest BCUT2D eigenvalue weighted by atomic mass is 10.2. The van der Waals surface area contributed by atoms with Gasteiger partial charge in [-0.25, -0.2) is 0 Å². The zero-order chi connectivity index (χ0) is 15.7. The lowest BCUT2D eigenvalue weighted by Gasteiger charge is -2.10. The van der Waals surface area contributed by atoms with Crippen molar-refractivity contribution in [2.75, 3.05) is 17.2 Å². The Morgan fingerprint density at radius 2 is 1.71 bits per heavy atom. The molecule has 0 unspecified atom stereocenters. The fourth-order valence-electron chi connectivity index (χ4n) is 1.42. The van der Waals surface area contributed by atoms with Crippen molar-refractivity contribution in [3.05, 3.63) is 36.9 Å². The summed E-state index contributed by atoms with van der Waals surface area (Å²) in [6, 6.07) is 6.87. The van der Waals surface area contributed by atoms with E-state index >= 15 is 0 Å². The Hall–Kier alpha value is -2.41. The molecule has 3 N–H and O–H groups in total. The molecule has 0 aromatic heterocycles. The minimum Gasteiger partial charge on any atom is -0.550 e. The topological polar surface area (TPSA) is 93.3 Å². The van der Waals surface area contributed by atoms with Crippen LogP contribution in [0.3, 0.4) is 0 Å². The van der Waals surface area contributed by atoms with Gasteiger partial charge in [-0.15, -0.1) is 6.58 Å². The number of rotatable bonds is 7. The van der Waals surface area contributed by atoms with Crippen LogP contribution in [0.2, 0.25) is 0 Å². The van der Waals surface area contributed by atoms with Crippen LogP contribution in [0.5, 0.6) is 0 Å². The van der Waals surface area contributed by atoms with Crippen LogP contribution in [0.25, 0.3) is 0 Å². The third-order valence-electron chi connectivity index (χ3n) is 2.39. The molecule has 0 fully saturated rings. The zero-order valence-corrected chi connectivity index (χ0v) is 12.2. The molecule has 0 spiro atoms. The highest BCUT2D eigenvalue weighted by Gasteiger charge is 2.03. The number of thiocarbonyl (C=S) groups is 1. The van der Waals surface area contributed by atoms with Gasteiger partial charge in [-0.2, -0.15) is 0 Å². The molecule has 0 bridgehead atoms. The van der Waals surface area contributed by atoms with E-state index in [9.17, 15) is 14.7 Å². The third-order valence-corrected chi connectivity index (χ3v) is 2.64. The molecule has 6 nitrogen and oxygen atoms in total. The largest absolute Gasteiger partial charge is 0.550 e. The number of carboxylic acids is 1. The summed E-state index contributed by atoms with van der Waals surface area (Å²) in [7, 11) is 0. The number of anilines is 2. The number of aliphatic carboxylic acids is 1. The van der Waals surface area contributed by atoms with Crippen molar-refractivity contribution in [3.63, 3.8) is 0 Å². The molecule has 0 heterocycles. The van der Waals surface area contributed by atoms with Crippen LogP contribution >= 0.6 is 12.2 Å². The first-order valence-corrected chi connectivity index (χ1v) is 6.67. The summed E-state index contributed by atoms with van der Waals surface area (Å²) in [6.45, 7) is 4.14. The molecule has 1 aromatic carbocycles. The van der Waals surface area contributed by atoms with Gasteiger partial charge in [0.2, 0.25) is 5.91 Å². The number of hydrogen-bond acceptors (Lipinski definition) is 4. The van der Waals surface area contributed by atoms with Gasteiger partial charge in [-0.05, 0) is 42.9 Å². The maximum atomic E-state index is 11.4. The van der Waals surface area contributed by atoms with E-state index in [2.05, 4.69) is 22.5 Å². The second-order valence-electron chi connectivity index (χ2n) is 4.12. The normalized spacial score (nSPS) is 9.52. The molecule has 21 heavy (non-hydrogen) atoms. The molecule has 1 aromatic rings. The molecular weight excluding hydrogens is 290 g/mol. The Bertz CT molecular complexity index is 529. The van der Waals surface area contributed by atoms with Crippen LogP contribution < -0.4 is 21.1 Å². The van der Waals surface area contributed by atoms with Crippen LogP contribution in [0, 0.1) is 0 Å². The molecule has 0 saturated heterocycles. The average molecular weight is 306 g/mol. The van der Waals surface area contributed by atoms with Gasteiger partial charge in [-0.1, -0.05) is 6.08 Å². The Kier molecular flexibility index (Phi) is 6.90. The quantitative estimate of drug-likeness (QED) is 0.505. The van der Waals surface area contributed by atoms with Gasteiger partial charge in [-0.3, -0.25) is 4.79 Å². The predicted octanol–water partition coefficient (Wildman–Crippen LogP) is 0.628. The molecule has 7 heteroatoms. The van der Waals surface area contributed by atoms with Crippen molar-refractivity contribution < 1.29 is 14.7 Å². The van der Waals surface area contributed by atoms with Crippen LogP contribution in [-0.4, -0.2) is 23.5 Å². The molecule has 0 aliphatic heterocycles. The number of hydrogen-bond donors (Lipinski definition) is 3. The van der Waals surface area contributed by atoms with Crippen molar-refractivity contribution in [2.45, 2.75) is 12.8 Å². The summed E-state index contributed by atoms with van der Waals surface area (Å²) in [5.74, 6) is -1.62. The number of carboxylic acid groups (broad SMARTS) is 1. The Morgan fingerprint density at radius 3 is 2.24 bits per heavy atom. The zero-order valence-electron chi connectivity index (χ0n) is 11.3. The first kappa shape index (κ1) is 16.6. The van der Waals surface area contributed by atoms with E-state index < -0.39 is 5.97 Å². The van der Waals surface area contributed by atoms with Gasteiger partial charge in [0.15, 0.2) is 5.11 Å². The molecule has 0 atom stereocenters. The molecule has 1 rings (SSSR count).